The number of hydrogen-bond donors (Lipinski definition) is 1. The van der Waals surface area contributed by atoms with Crippen molar-refractivity contribution in [2.45, 2.75) is 45.4 Å². The van der Waals surface area contributed by atoms with Gasteiger partial charge in [-0.2, -0.15) is 11.8 Å². The second kappa shape index (κ2) is 7.52. The molecule has 1 N–H and O–H groups in total. The molecule has 1 aliphatic heterocycles. The van der Waals surface area contributed by atoms with Crippen LogP contribution in [0.4, 0.5) is 0 Å². The van der Waals surface area contributed by atoms with Crippen LogP contribution >= 0.6 is 23.4 Å². The molecule has 0 aromatic heterocycles. The zero-order valence-corrected chi connectivity index (χ0v) is 14.4. The van der Waals surface area contributed by atoms with Gasteiger partial charge in [0.05, 0.1) is 6.04 Å². The van der Waals surface area contributed by atoms with Crippen LogP contribution in [0.5, 0.6) is 0 Å². The highest BCUT2D eigenvalue weighted by molar-refractivity contribution is 7.99. The number of nitrogens with zero attached hydrogens (tertiary/aromatic N) is 1. The predicted octanol–water partition coefficient (Wildman–Crippen LogP) is 3.69. The van der Waals surface area contributed by atoms with Gasteiger partial charge in [-0.15, -0.1) is 0 Å². The molecule has 3 nitrogen and oxygen atoms in total. The van der Waals surface area contributed by atoms with Crippen molar-refractivity contribution in [3.8, 4) is 0 Å². The summed E-state index contributed by atoms with van der Waals surface area (Å²) < 4.78 is 0. The number of nitrogens with one attached hydrogen (secondary N) is 1. The molecule has 0 spiro atoms. The van der Waals surface area contributed by atoms with Gasteiger partial charge in [0, 0.05) is 11.1 Å². The van der Waals surface area contributed by atoms with Crippen molar-refractivity contribution in [2.75, 3.05) is 11.5 Å². The lowest BCUT2D eigenvalue weighted by atomic mass is 10.1. The average Bonchev–Trinajstić information content (AvgIpc) is 2.75. The van der Waals surface area contributed by atoms with Crippen molar-refractivity contribution in [1.29, 1.82) is 0 Å². The summed E-state index contributed by atoms with van der Waals surface area (Å²) in [4.78, 5) is 14.5. The molecule has 1 heterocycles. The van der Waals surface area contributed by atoms with E-state index in [1.807, 2.05) is 47.9 Å². The first kappa shape index (κ1) is 16.7. The van der Waals surface area contributed by atoms with Crippen molar-refractivity contribution in [3.63, 3.8) is 0 Å². The summed E-state index contributed by atoms with van der Waals surface area (Å²) in [6.07, 6.45) is 0.934. The molecule has 5 heteroatoms. The highest BCUT2D eigenvalue weighted by atomic mass is 35.5. The highest BCUT2D eigenvalue weighted by Gasteiger charge is 2.39. The zero-order valence-electron chi connectivity index (χ0n) is 12.8. The molecule has 0 aliphatic carbocycles. The summed E-state index contributed by atoms with van der Waals surface area (Å²) in [6.45, 7) is 6.22. The van der Waals surface area contributed by atoms with E-state index in [1.54, 1.807) is 0 Å². The molecule has 0 radical (unpaired) electrons. The van der Waals surface area contributed by atoms with Crippen LogP contribution < -0.4 is 5.32 Å². The van der Waals surface area contributed by atoms with Gasteiger partial charge in [0.25, 0.3) is 0 Å². The van der Waals surface area contributed by atoms with Crippen LogP contribution in [0.3, 0.4) is 0 Å². The Morgan fingerprint density at radius 1 is 1.48 bits per heavy atom. The maximum atomic E-state index is 12.5. The lowest BCUT2D eigenvalue weighted by Crippen LogP contribution is -2.38. The van der Waals surface area contributed by atoms with Crippen LogP contribution in [-0.4, -0.2) is 34.4 Å². The Labute approximate surface area is 136 Å². The molecule has 1 saturated heterocycles. The Morgan fingerprint density at radius 3 is 2.90 bits per heavy atom. The number of halogens is 1. The molecule has 1 fully saturated rings. The molecule has 116 valence electrons. The Kier molecular flexibility index (Phi) is 5.97. The fraction of sp³-hybridized carbons (Fsp3) is 0.562. The molecule has 21 heavy (non-hydrogen) atoms. The van der Waals surface area contributed by atoms with Crippen LogP contribution in [0.1, 0.15) is 38.9 Å². The third kappa shape index (κ3) is 3.93. The molecule has 3 atom stereocenters. The van der Waals surface area contributed by atoms with Crippen LogP contribution in [0.2, 0.25) is 5.02 Å². The zero-order chi connectivity index (χ0) is 15.4. The van der Waals surface area contributed by atoms with Crippen LogP contribution in [-0.2, 0) is 4.79 Å². The number of hydrogen-bond acceptors (Lipinski definition) is 3. The number of amides is 1. The van der Waals surface area contributed by atoms with Crippen LogP contribution in [0, 0.1) is 0 Å². The van der Waals surface area contributed by atoms with E-state index in [-0.39, 0.29) is 24.2 Å². The summed E-state index contributed by atoms with van der Waals surface area (Å²) in [5, 5.41) is 4.08. The summed E-state index contributed by atoms with van der Waals surface area (Å²) >= 11 is 8.01. The Morgan fingerprint density at radius 2 is 2.24 bits per heavy atom. The molecule has 0 saturated carbocycles. The maximum Gasteiger partial charge on any atom is 0.241 e. The van der Waals surface area contributed by atoms with Gasteiger partial charge in [0.2, 0.25) is 5.91 Å². The quantitative estimate of drug-likeness (QED) is 0.809. The smallest absolute Gasteiger partial charge is 0.241 e. The van der Waals surface area contributed by atoms with Crippen molar-refractivity contribution in [2.24, 2.45) is 0 Å². The van der Waals surface area contributed by atoms with Gasteiger partial charge in [0.1, 0.15) is 6.17 Å². The fourth-order valence-electron chi connectivity index (χ4n) is 2.68. The monoisotopic (exact) mass is 326 g/mol. The molecule has 2 rings (SSSR count). The largest absolute Gasteiger partial charge is 0.319 e. The lowest BCUT2D eigenvalue weighted by Gasteiger charge is -2.30. The number of thioether (sulfide) groups is 1. The number of carbonyl (C=O) groups excluding carboxylic acids is 1. The fourth-order valence-corrected chi connectivity index (χ4v) is 3.68. The molecule has 0 bridgehead atoms. The molecular formula is C16H23ClN2OS. The van der Waals surface area contributed by atoms with Crippen LogP contribution in [0.15, 0.2) is 24.3 Å². The van der Waals surface area contributed by atoms with Gasteiger partial charge in [0.15, 0.2) is 0 Å². The third-order valence-electron chi connectivity index (χ3n) is 3.83. The second-order valence-electron chi connectivity index (χ2n) is 5.43. The van der Waals surface area contributed by atoms with Crippen molar-refractivity contribution < 1.29 is 4.79 Å². The first-order chi connectivity index (χ1) is 10.0. The summed E-state index contributed by atoms with van der Waals surface area (Å²) in [5.41, 5.74) is 1.05. The van der Waals surface area contributed by atoms with Crippen molar-refractivity contribution >= 4 is 29.3 Å². The van der Waals surface area contributed by atoms with Gasteiger partial charge in [-0.25, -0.2) is 0 Å². The Bertz CT molecular complexity index is 497. The summed E-state index contributed by atoms with van der Waals surface area (Å²) in [6, 6.07) is 7.83. The average molecular weight is 327 g/mol. The van der Waals surface area contributed by atoms with E-state index in [2.05, 4.69) is 19.2 Å². The topological polar surface area (TPSA) is 32.3 Å². The van der Waals surface area contributed by atoms with E-state index in [0.717, 1.165) is 23.5 Å². The summed E-state index contributed by atoms with van der Waals surface area (Å²) in [5.74, 6) is 2.37. The van der Waals surface area contributed by atoms with E-state index in [0.29, 0.717) is 5.02 Å². The first-order valence-corrected chi connectivity index (χ1v) is 8.99. The lowest BCUT2D eigenvalue weighted by molar-refractivity contribution is -0.131. The van der Waals surface area contributed by atoms with Gasteiger partial charge in [-0.3, -0.25) is 10.1 Å². The Balaban J connectivity index is 2.16. The first-order valence-electron chi connectivity index (χ1n) is 7.46. The van der Waals surface area contributed by atoms with E-state index >= 15 is 0 Å². The highest BCUT2D eigenvalue weighted by Crippen LogP contribution is 2.30. The van der Waals surface area contributed by atoms with E-state index in [9.17, 15) is 4.79 Å². The molecular weight excluding hydrogens is 304 g/mol. The van der Waals surface area contributed by atoms with E-state index in [1.165, 1.54) is 0 Å². The molecule has 1 aromatic rings. The number of rotatable bonds is 6. The molecule has 1 aromatic carbocycles. The molecule has 1 aliphatic rings. The second-order valence-corrected chi connectivity index (χ2v) is 7.26. The Hall–Kier alpha value is -0.710. The van der Waals surface area contributed by atoms with Gasteiger partial charge in [-0.05, 0) is 49.5 Å². The SMILES string of the molecule is CCSCCC(C)N1C(=O)C(C)NC1c1cccc(Cl)c1. The summed E-state index contributed by atoms with van der Waals surface area (Å²) in [7, 11) is 0. The standard InChI is InChI=1S/C16H23ClN2OS/c1-4-21-9-8-11(2)19-15(18-12(3)16(19)20)13-6-5-7-14(17)10-13/h5-7,10-12,15,18H,4,8-9H2,1-3H3. The predicted molar refractivity (Wildman–Crippen MR) is 90.7 cm³/mol. The van der Waals surface area contributed by atoms with Gasteiger partial charge < -0.3 is 4.90 Å². The van der Waals surface area contributed by atoms with Crippen molar-refractivity contribution in [3.05, 3.63) is 34.9 Å². The maximum absolute atomic E-state index is 12.5. The third-order valence-corrected chi connectivity index (χ3v) is 5.00. The van der Waals surface area contributed by atoms with E-state index < -0.39 is 0 Å². The molecule has 1 amide bonds. The number of benzene rings is 1. The van der Waals surface area contributed by atoms with E-state index in [4.69, 9.17) is 11.6 Å². The van der Waals surface area contributed by atoms with Gasteiger partial charge >= 0.3 is 0 Å². The van der Waals surface area contributed by atoms with Crippen molar-refractivity contribution in [1.82, 2.24) is 10.2 Å². The minimum absolute atomic E-state index is 0.0761. The van der Waals surface area contributed by atoms with Crippen LogP contribution in [0.25, 0.3) is 0 Å². The number of carbonyl (C=O) groups is 1. The normalized spacial score (nSPS) is 23.6. The van der Waals surface area contributed by atoms with Gasteiger partial charge in [-0.1, -0.05) is 30.7 Å². The minimum atomic E-state index is -0.143. The minimum Gasteiger partial charge on any atom is -0.319 e. The molecule has 3 unspecified atom stereocenters.